The molecule has 3 aromatic carbocycles. The number of anilines is 2. The molecule has 3 N–H and O–H groups in total. The Morgan fingerprint density at radius 3 is 2.62 bits per heavy atom. The predicted octanol–water partition coefficient (Wildman–Crippen LogP) is 4.73. The molecule has 0 aromatic heterocycles. The number of fused-ring (bicyclic) bond motifs is 2. The van der Waals surface area contributed by atoms with Crippen LogP contribution in [0.2, 0.25) is 0 Å². The maximum Gasteiger partial charge on any atom is 0.270 e. The maximum atomic E-state index is 13.3. The first-order valence-corrected chi connectivity index (χ1v) is 13.8. The van der Waals surface area contributed by atoms with Gasteiger partial charge in [-0.2, -0.15) is 0 Å². The number of benzene rings is 3. The average Bonchev–Trinajstić information content (AvgIpc) is 3.30. The highest BCUT2D eigenvalue weighted by Crippen LogP contribution is 2.39. The number of non-ortho nitro benzene ring substituents is 1. The van der Waals surface area contributed by atoms with Crippen molar-refractivity contribution in [1.29, 1.82) is 0 Å². The molecule has 9 nitrogen and oxygen atoms in total. The van der Waals surface area contributed by atoms with E-state index in [9.17, 15) is 19.7 Å². The van der Waals surface area contributed by atoms with Crippen LogP contribution in [0.5, 0.6) is 0 Å². The molecular weight excluding hydrogens is 506 g/mol. The minimum absolute atomic E-state index is 0.0732. The summed E-state index contributed by atoms with van der Waals surface area (Å²) in [5.74, 6) is -0.0900. The van der Waals surface area contributed by atoms with Gasteiger partial charge in [-0.05, 0) is 72.7 Å². The topological polar surface area (TPSA) is 117 Å². The number of hydrogen-bond acceptors (Lipinski definition) is 6. The van der Waals surface area contributed by atoms with E-state index >= 15 is 0 Å². The fraction of sp³-hybridized carbons (Fsp3) is 0.290. The molecule has 3 heterocycles. The number of nitrogens with one attached hydrogen (secondary N) is 3. The number of nitro benzene ring substituents is 1. The number of amides is 2. The third kappa shape index (κ3) is 5.20. The van der Waals surface area contributed by atoms with Gasteiger partial charge in [0.05, 0.1) is 16.2 Å². The molecule has 0 radical (unpaired) electrons. The van der Waals surface area contributed by atoms with Crippen LogP contribution in [-0.4, -0.2) is 41.3 Å². The van der Waals surface area contributed by atoms with Crippen LogP contribution in [0.1, 0.15) is 47.1 Å². The lowest BCUT2D eigenvalue weighted by Crippen LogP contribution is -2.36. The first kappa shape index (κ1) is 25.8. The fourth-order valence-electron chi connectivity index (χ4n) is 5.70. The van der Waals surface area contributed by atoms with Gasteiger partial charge in [0.25, 0.3) is 11.6 Å². The van der Waals surface area contributed by atoms with Crippen LogP contribution in [0.3, 0.4) is 0 Å². The third-order valence-electron chi connectivity index (χ3n) is 7.91. The van der Waals surface area contributed by atoms with E-state index in [1.165, 1.54) is 23.3 Å². The summed E-state index contributed by atoms with van der Waals surface area (Å²) >= 11 is 0. The van der Waals surface area contributed by atoms with Crippen LogP contribution in [0.4, 0.5) is 17.1 Å². The minimum atomic E-state index is -0.451. The molecule has 3 aromatic rings. The van der Waals surface area contributed by atoms with E-state index in [-0.39, 0.29) is 17.5 Å². The zero-order chi connectivity index (χ0) is 27.6. The first-order valence-electron chi connectivity index (χ1n) is 13.8. The number of piperidine rings is 1. The molecule has 0 atom stereocenters. The van der Waals surface area contributed by atoms with Crippen molar-refractivity contribution in [3.05, 3.63) is 98.6 Å². The quantitative estimate of drug-likeness (QED) is 0.228. The Balaban J connectivity index is 1.36. The van der Waals surface area contributed by atoms with Gasteiger partial charge in [-0.3, -0.25) is 19.7 Å². The van der Waals surface area contributed by atoms with Gasteiger partial charge in [-0.1, -0.05) is 30.3 Å². The largest absolute Gasteiger partial charge is 0.354 e. The maximum absolute atomic E-state index is 13.3. The summed E-state index contributed by atoms with van der Waals surface area (Å²) in [6, 6.07) is 18.6. The van der Waals surface area contributed by atoms with E-state index in [4.69, 9.17) is 0 Å². The van der Waals surface area contributed by atoms with Gasteiger partial charge in [0, 0.05) is 55.1 Å². The van der Waals surface area contributed by atoms with Crippen LogP contribution in [-0.2, 0) is 29.0 Å². The van der Waals surface area contributed by atoms with Crippen LogP contribution in [0.15, 0.2) is 60.7 Å². The Kier molecular flexibility index (Phi) is 7.04. The molecule has 40 heavy (non-hydrogen) atoms. The van der Waals surface area contributed by atoms with E-state index < -0.39 is 4.92 Å². The highest BCUT2D eigenvalue weighted by molar-refractivity contribution is 6.37. The van der Waals surface area contributed by atoms with Crippen molar-refractivity contribution >= 4 is 40.1 Å². The summed E-state index contributed by atoms with van der Waals surface area (Å²) in [5, 5.41) is 21.3. The van der Waals surface area contributed by atoms with Crippen LogP contribution in [0.25, 0.3) is 11.3 Å². The standard InChI is InChI=1S/C31H31N5O4/c37-28-3-1-2-15-35(28)16-13-20-4-6-21(7-5-20)30(33-24-9-8-23-19-32-14-12-22(23)17-24)29-26-18-25(36(39)40)10-11-27(26)34-31(29)38/h4-11,17-18,32-33H,1-3,12-16,19H2,(H,34,38)/b30-29-. The normalized spacial score (nSPS) is 17.6. The molecule has 1 fully saturated rings. The monoisotopic (exact) mass is 537 g/mol. The highest BCUT2D eigenvalue weighted by atomic mass is 16.6. The van der Waals surface area contributed by atoms with Crippen molar-refractivity contribution in [1.82, 2.24) is 10.2 Å². The number of hydrogen-bond donors (Lipinski definition) is 3. The molecule has 3 aliphatic rings. The molecule has 0 aliphatic carbocycles. The number of rotatable bonds is 7. The zero-order valence-electron chi connectivity index (χ0n) is 22.2. The van der Waals surface area contributed by atoms with Gasteiger partial charge in [0.1, 0.15) is 0 Å². The lowest BCUT2D eigenvalue weighted by atomic mass is 9.97. The summed E-state index contributed by atoms with van der Waals surface area (Å²) in [4.78, 5) is 38.5. The third-order valence-corrected chi connectivity index (χ3v) is 7.91. The molecule has 0 spiro atoms. The SMILES string of the molecule is O=C1Nc2ccc([N+](=O)[O-])cc2/C1=C(/Nc1ccc2c(c1)CCNC2)c1ccc(CCN2CCCCC2=O)cc1. The number of nitro groups is 1. The van der Waals surface area contributed by atoms with E-state index in [1.54, 1.807) is 6.07 Å². The molecule has 6 rings (SSSR count). The van der Waals surface area contributed by atoms with Crippen molar-refractivity contribution in [2.45, 2.75) is 38.6 Å². The lowest BCUT2D eigenvalue weighted by molar-refractivity contribution is -0.384. The van der Waals surface area contributed by atoms with Gasteiger partial charge >= 0.3 is 0 Å². The number of carbonyl (C=O) groups excluding carboxylic acids is 2. The Morgan fingerprint density at radius 1 is 0.975 bits per heavy atom. The Morgan fingerprint density at radius 2 is 1.82 bits per heavy atom. The molecule has 9 heteroatoms. The lowest BCUT2D eigenvalue weighted by Gasteiger charge is -2.26. The smallest absolute Gasteiger partial charge is 0.270 e. The van der Waals surface area contributed by atoms with E-state index in [1.807, 2.05) is 35.2 Å². The van der Waals surface area contributed by atoms with Gasteiger partial charge in [0.15, 0.2) is 0 Å². The summed E-state index contributed by atoms with van der Waals surface area (Å²) < 4.78 is 0. The highest BCUT2D eigenvalue weighted by Gasteiger charge is 2.30. The summed E-state index contributed by atoms with van der Waals surface area (Å²) in [5.41, 5.74) is 7.17. The van der Waals surface area contributed by atoms with Gasteiger partial charge in [-0.25, -0.2) is 0 Å². The molecule has 3 aliphatic heterocycles. The average molecular weight is 538 g/mol. The summed E-state index contributed by atoms with van der Waals surface area (Å²) in [6.45, 7) is 3.24. The zero-order valence-corrected chi connectivity index (χ0v) is 22.2. The van der Waals surface area contributed by atoms with E-state index in [0.717, 1.165) is 62.1 Å². The second-order valence-electron chi connectivity index (χ2n) is 10.5. The Labute approximate surface area is 232 Å². The van der Waals surface area contributed by atoms with Crippen molar-refractivity contribution in [2.75, 3.05) is 30.3 Å². The summed E-state index contributed by atoms with van der Waals surface area (Å²) in [6.07, 6.45) is 4.31. The second-order valence-corrected chi connectivity index (χ2v) is 10.5. The van der Waals surface area contributed by atoms with E-state index in [2.05, 4.69) is 28.1 Å². The van der Waals surface area contributed by atoms with Crippen molar-refractivity contribution in [2.24, 2.45) is 0 Å². The Hall–Kier alpha value is -4.50. The second kappa shape index (κ2) is 10.9. The first-order chi connectivity index (χ1) is 19.5. The molecule has 2 amide bonds. The summed E-state index contributed by atoms with van der Waals surface area (Å²) in [7, 11) is 0. The molecule has 1 saturated heterocycles. The number of nitrogens with zero attached hydrogens (tertiary/aromatic N) is 2. The minimum Gasteiger partial charge on any atom is -0.354 e. The Bertz CT molecular complexity index is 1530. The number of carbonyl (C=O) groups is 2. The van der Waals surface area contributed by atoms with Crippen LogP contribution >= 0.6 is 0 Å². The van der Waals surface area contributed by atoms with Crippen molar-refractivity contribution < 1.29 is 14.5 Å². The molecule has 0 unspecified atom stereocenters. The molecular formula is C31H31N5O4. The number of likely N-dealkylation sites (tertiary alicyclic amines) is 1. The van der Waals surface area contributed by atoms with Crippen molar-refractivity contribution in [3.8, 4) is 0 Å². The van der Waals surface area contributed by atoms with Gasteiger partial charge in [0.2, 0.25) is 5.91 Å². The fourth-order valence-corrected chi connectivity index (χ4v) is 5.70. The molecule has 0 saturated carbocycles. The van der Waals surface area contributed by atoms with Gasteiger partial charge < -0.3 is 20.9 Å². The predicted molar refractivity (Wildman–Crippen MR) is 155 cm³/mol. The van der Waals surface area contributed by atoms with Crippen LogP contribution < -0.4 is 16.0 Å². The molecule has 0 bridgehead atoms. The molecule has 204 valence electrons. The van der Waals surface area contributed by atoms with Gasteiger partial charge in [-0.15, -0.1) is 0 Å². The van der Waals surface area contributed by atoms with Crippen LogP contribution in [0, 0.1) is 10.1 Å². The van der Waals surface area contributed by atoms with Crippen molar-refractivity contribution in [3.63, 3.8) is 0 Å². The van der Waals surface area contributed by atoms with E-state index in [0.29, 0.717) is 35.5 Å².